The number of ether oxygens (including phenoxy) is 2. The number of carbonyl (C=O) groups excluding carboxylic acids is 2. The van der Waals surface area contributed by atoms with E-state index in [-0.39, 0.29) is 5.97 Å². The fraction of sp³-hybridized carbons (Fsp3) is 0.231. The van der Waals surface area contributed by atoms with E-state index in [0.29, 0.717) is 17.7 Å². The van der Waals surface area contributed by atoms with Gasteiger partial charge >= 0.3 is 11.9 Å². The molecule has 0 fully saturated rings. The highest BCUT2D eigenvalue weighted by atomic mass is 16.5. The third-order valence-corrected chi connectivity index (χ3v) is 2.53. The number of esters is 2. The summed E-state index contributed by atoms with van der Waals surface area (Å²) in [6.07, 6.45) is 3.36. The van der Waals surface area contributed by atoms with Crippen LogP contribution >= 0.6 is 0 Å². The van der Waals surface area contributed by atoms with Crippen molar-refractivity contribution in [1.82, 2.24) is 4.40 Å². The second-order valence-electron chi connectivity index (χ2n) is 3.69. The molecule has 18 heavy (non-hydrogen) atoms. The van der Waals surface area contributed by atoms with E-state index in [2.05, 4.69) is 4.74 Å². The first-order valence-corrected chi connectivity index (χ1v) is 5.53. The van der Waals surface area contributed by atoms with Crippen LogP contribution in [0.3, 0.4) is 0 Å². The van der Waals surface area contributed by atoms with Gasteiger partial charge in [-0.15, -0.1) is 0 Å². The molecule has 0 aliphatic rings. The largest absolute Gasteiger partial charge is 0.465 e. The lowest BCUT2D eigenvalue weighted by Crippen LogP contribution is -2.02. The van der Waals surface area contributed by atoms with Crippen LogP contribution < -0.4 is 0 Å². The van der Waals surface area contributed by atoms with Gasteiger partial charge in [-0.05, 0) is 25.1 Å². The number of nitrogens with zero attached hydrogens (tertiary/aromatic N) is 1. The van der Waals surface area contributed by atoms with E-state index in [1.54, 1.807) is 41.9 Å². The van der Waals surface area contributed by atoms with Crippen molar-refractivity contribution in [1.29, 1.82) is 0 Å². The number of hydrogen-bond acceptors (Lipinski definition) is 4. The van der Waals surface area contributed by atoms with Crippen LogP contribution in [0.2, 0.25) is 0 Å². The molecule has 2 aromatic rings. The Morgan fingerprint density at radius 3 is 2.61 bits per heavy atom. The summed E-state index contributed by atoms with van der Waals surface area (Å²) < 4.78 is 11.3. The Hall–Kier alpha value is -2.30. The van der Waals surface area contributed by atoms with Crippen LogP contribution in [0.1, 0.15) is 27.6 Å². The topological polar surface area (TPSA) is 57.0 Å². The fourth-order valence-corrected chi connectivity index (χ4v) is 1.68. The molecule has 5 heteroatoms. The van der Waals surface area contributed by atoms with Crippen LogP contribution in [0.25, 0.3) is 5.52 Å². The Kier molecular flexibility index (Phi) is 3.32. The Morgan fingerprint density at radius 1 is 1.22 bits per heavy atom. The van der Waals surface area contributed by atoms with Crippen LogP contribution in [0.4, 0.5) is 0 Å². The maximum atomic E-state index is 11.6. The van der Waals surface area contributed by atoms with Gasteiger partial charge < -0.3 is 13.9 Å². The number of pyridine rings is 1. The van der Waals surface area contributed by atoms with E-state index in [9.17, 15) is 9.59 Å². The first-order valence-electron chi connectivity index (χ1n) is 5.53. The molecule has 0 atom stereocenters. The van der Waals surface area contributed by atoms with Crippen molar-refractivity contribution in [3.63, 3.8) is 0 Å². The average molecular weight is 247 g/mol. The maximum Gasteiger partial charge on any atom is 0.339 e. The average Bonchev–Trinajstić information content (AvgIpc) is 2.80. The Morgan fingerprint density at radius 2 is 1.94 bits per heavy atom. The maximum absolute atomic E-state index is 11.6. The number of rotatable bonds is 3. The molecule has 0 saturated heterocycles. The van der Waals surface area contributed by atoms with Crippen molar-refractivity contribution in [2.24, 2.45) is 0 Å². The zero-order valence-corrected chi connectivity index (χ0v) is 10.2. The van der Waals surface area contributed by atoms with E-state index in [1.165, 1.54) is 7.11 Å². The van der Waals surface area contributed by atoms with Gasteiger partial charge in [-0.25, -0.2) is 9.59 Å². The Balaban J connectivity index is 2.39. The molecule has 0 spiro atoms. The standard InChI is InChI=1S/C13H13NO4/c1-3-18-13(16)10-7-11-6-9(12(15)17-2)4-5-14(11)8-10/h4-8H,3H2,1-2H3. The van der Waals surface area contributed by atoms with E-state index in [4.69, 9.17) is 4.74 Å². The lowest BCUT2D eigenvalue weighted by atomic mass is 10.2. The fourth-order valence-electron chi connectivity index (χ4n) is 1.68. The van der Waals surface area contributed by atoms with Crippen LogP contribution in [0.5, 0.6) is 0 Å². The van der Waals surface area contributed by atoms with E-state index < -0.39 is 5.97 Å². The third kappa shape index (κ3) is 2.20. The predicted molar refractivity (Wildman–Crippen MR) is 64.7 cm³/mol. The molecule has 0 radical (unpaired) electrons. The lowest BCUT2D eigenvalue weighted by molar-refractivity contribution is 0.0525. The highest BCUT2D eigenvalue weighted by Crippen LogP contribution is 2.14. The van der Waals surface area contributed by atoms with Crippen molar-refractivity contribution < 1.29 is 19.1 Å². The van der Waals surface area contributed by atoms with Gasteiger partial charge in [-0.1, -0.05) is 0 Å². The number of fused-ring (bicyclic) bond motifs is 1. The summed E-state index contributed by atoms with van der Waals surface area (Å²) >= 11 is 0. The molecule has 0 saturated carbocycles. The second kappa shape index (κ2) is 4.91. The van der Waals surface area contributed by atoms with Gasteiger partial charge in [-0.2, -0.15) is 0 Å². The molecule has 0 N–H and O–H groups in total. The summed E-state index contributed by atoms with van der Waals surface area (Å²) in [5.74, 6) is -0.780. The number of carbonyl (C=O) groups is 2. The van der Waals surface area contributed by atoms with Gasteiger partial charge in [-0.3, -0.25) is 0 Å². The molecule has 0 aliphatic carbocycles. The van der Waals surface area contributed by atoms with Crippen molar-refractivity contribution in [2.45, 2.75) is 6.92 Å². The zero-order valence-electron chi connectivity index (χ0n) is 10.2. The summed E-state index contributed by atoms with van der Waals surface area (Å²) in [7, 11) is 1.33. The zero-order chi connectivity index (χ0) is 13.1. The second-order valence-corrected chi connectivity index (χ2v) is 3.69. The van der Waals surface area contributed by atoms with Crippen molar-refractivity contribution in [3.8, 4) is 0 Å². The number of methoxy groups -OCH3 is 1. The van der Waals surface area contributed by atoms with Crippen LogP contribution in [0, 0.1) is 0 Å². The summed E-state index contributed by atoms with van der Waals surface area (Å²) in [6.45, 7) is 2.08. The highest BCUT2D eigenvalue weighted by Gasteiger charge is 2.11. The smallest absolute Gasteiger partial charge is 0.339 e. The summed E-state index contributed by atoms with van der Waals surface area (Å²) in [5.41, 5.74) is 1.64. The molecule has 0 amide bonds. The number of aromatic nitrogens is 1. The predicted octanol–water partition coefficient (Wildman–Crippen LogP) is 1.90. The molecule has 0 aliphatic heterocycles. The minimum absolute atomic E-state index is 0.332. The van der Waals surface area contributed by atoms with Crippen molar-refractivity contribution in [3.05, 3.63) is 41.7 Å². The molecule has 2 rings (SSSR count). The monoisotopic (exact) mass is 247 g/mol. The van der Waals surface area contributed by atoms with Gasteiger partial charge in [0.05, 0.1) is 24.8 Å². The summed E-state index contributed by atoms with van der Waals surface area (Å²) in [4.78, 5) is 22.9. The molecule has 0 bridgehead atoms. The summed E-state index contributed by atoms with van der Waals surface area (Å²) in [5, 5.41) is 0. The van der Waals surface area contributed by atoms with Gasteiger partial charge in [0.2, 0.25) is 0 Å². The minimum Gasteiger partial charge on any atom is -0.465 e. The van der Waals surface area contributed by atoms with Gasteiger partial charge in [0, 0.05) is 17.9 Å². The molecule has 2 heterocycles. The van der Waals surface area contributed by atoms with E-state index in [0.717, 1.165) is 5.52 Å². The van der Waals surface area contributed by atoms with Crippen LogP contribution in [-0.4, -0.2) is 30.1 Å². The quantitative estimate of drug-likeness (QED) is 0.777. The SMILES string of the molecule is CCOC(=O)c1cc2cc(C(=O)OC)ccn2c1. The number of hydrogen-bond donors (Lipinski definition) is 0. The minimum atomic E-state index is -0.406. The molecule has 0 aromatic carbocycles. The third-order valence-electron chi connectivity index (χ3n) is 2.53. The van der Waals surface area contributed by atoms with Gasteiger partial charge in [0.1, 0.15) is 0 Å². The Labute approximate surface area is 104 Å². The van der Waals surface area contributed by atoms with Crippen molar-refractivity contribution >= 4 is 17.5 Å². The first-order chi connectivity index (χ1) is 8.65. The van der Waals surface area contributed by atoms with Crippen molar-refractivity contribution in [2.75, 3.05) is 13.7 Å². The molecular weight excluding hydrogens is 234 g/mol. The van der Waals surface area contributed by atoms with Crippen LogP contribution in [-0.2, 0) is 9.47 Å². The summed E-state index contributed by atoms with van der Waals surface area (Å²) in [6, 6.07) is 4.97. The molecule has 5 nitrogen and oxygen atoms in total. The Bertz CT molecular complexity index is 600. The normalized spacial score (nSPS) is 10.3. The molecular formula is C13H13NO4. The van der Waals surface area contributed by atoms with Gasteiger partial charge in [0.15, 0.2) is 0 Å². The van der Waals surface area contributed by atoms with Gasteiger partial charge in [0.25, 0.3) is 0 Å². The molecule has 0 unspecified atom stereocenters. The van der Waals surface area contributed by atoms with E-state index in [1.807, 2.05) is 0 Å². The molecule has 2 aromatic heterocycles. The highest BCUT2D eigenvalue weighted by molar-refractivity contribution is 5.93. The first kappa shape index (κ1) is 12.2. The van der Waals surface area contributed by atoms with E-state index >= 15 is 0 Å². The van der Waals surface area contributed by atoms with Crippen LogP contribution in [0.15, 0.2) is 30.6 Å². The lowest BCUT2D eigenvalue weighted by Gasteiger charge is -1.99. The molecule has 94 valence electrons.